The molecule has 0 aliphatic rings. The number of hydrogen-bond donors (Lipinski definition) is 1. The molecule has 0 aromatic heterocycles. The van der Waals surface area contributed by atoms with Gasteiger partial charge < -0.3 is 34.2 Å². The Morgan fingerprint density at radius 1 is 0.846 bits per heavy atom. The molecule has 0 radical (unpaired) electrons. The highest BCUT2D eigenvalue weighted by atomic mass is 16.8. The van der Waals surface area contributed by atoms with Crippen molar-refractivity contribution < 1.29 is 47.6 Å². The maximum absolute atomic E-state index is 12.5. The Bertz CT molecular complexity index is 993. The number of ether oxygens (including phenoxy) is 6. The van der Waals surface area contributed by atoms with Gasteiger partial charge in [-0.3, -0.25) is 9.59 Å². The highest BCUT2D eigenvalue weighted by Crippen LogP contribution is 2.31. The summed E-state index contributed by atoms with van der Waals surface area (Å²) in [6.07, 6.45) is -1.08. The van der Waals surface area contributed by atoms with Gasteiger partial charge in [0.25, 0.3) is 0 Å². The quantitative estimate of drug-likeness (QED) is 0.222. The lowest BCUT2D eigenvalue weighted by molar-refractivity contribution is -0.161. The van der Waals surface area contributed by atoms with E-state index in [1.54, 1.807) is 61.5 Å². The molecule has 11 heteroatoms. The highest BCUT2D eigenvalue weighted by Gasteiger charge is 2.25. The van der Waals surface area contributed by atoms with Crippen LogP contribution in [0.5, 0.6) is 11.5 Å². The first-order chi connectivity index (χ1) is 17.9. The first-order valence-electron chi connectivity index (χ1n) is 13.0. The first kappa shape index (κ1) is 33.7. The molecule has 220 valence electrons. The van der Waals surface area contributed by atoms with Crippen molar-refractivity contribution in [2.24, 2.45) is 11.7 Å². The van der Waals surface area contributed by atoms with Gasteiger partial charge in [0, 0.05) is 0 Å². The predicted octanol–water partition coefficient (Wildman–Crippen LogP) is 5.10. The summed E-state index contributed by atoms with van der Waals surface area (Å²) in [6.45, 7) is 15.3. The van der Waals surface area contributed by atoms with E-state index in [1.165, 1.54) is 12.1 Å². The standard InChI is InChI=1S/C28H43NO10/c1-10-11-17(2)23(30)35-18(3)16-34-24(31)20(29)14-19-12-13-21(36-25(32)38-27(4,5)6)22(15-19)37-26(33)39-28(7,8)9/h12-13,15,17-18,20H,10-11,14,16,29H2,1-9H3/t17?,18-,20-/m0/s1. The predicted molar refractivity (Wildman–Crippen MR) is 142 cm³/mol. The van der Waals surface area contributed by atoms with E-state index in [9.17, 15) is 19.2 Å². The van der Waals surface area contributed by atoms with Crippen LogP contribution in [0, 0.1) is 5.92 Å². The Labute approximate surface area is 230 Å². The Morgan fingerprint density at radius 3 is 1.90 bits per heavy atom. The van der Waals surface area contributed by atoms with Gasteiger partial charge in [0.2, 0.25) is 0 Å². The lowest BCUT2D eigenvalue weighted by atomic mass is 10.1. The van der Waals surface area contributed by atoms with Gasteiger partial charge >= 0.3 is 24.2 Å². The van der Waals surface area contributed by atoms with Gasteiger partial charge in [-0.2, -0.15) is 0 Å². The molecule has 1 aromatic rings. The lowest BCUT2D eigenvalue weighted by Crippen LogP contribution is -2.36. The minimum absolute atomic E-state index is 0.0118. The van der Waals surface area contributed by atoms with Crippen molar-refractivity contribution in [3.63, 3.8) is 0 Å². The van der Waals surface area contributed by atoms with Crippen molar-refractivity contribution in [3.8, 4) is 11.5 Å². The molecule has 11 nitrogen and oxygen atoms in total. The maximum atomic E-state index is 12.5. The molecule has 0 amide bonds. The van der Waals surface area contributed by atoms with Gasteiger partial charge in [0.05, 0.1) is 5.92 Å². The largest absolute Gasteiger partial charge is 0.514 e. The molecule has 3 atom stereocenters. The molecule has 1 rings (SSSR count). The first-order valence-corrected chi connectivity index (χ1v) is 13.0. The maximum Gasteiger partial charge on any atom is 0.514 e. The van der Waals surface area contributed by atoms with Crippen LogP contribution < -0.4 is 15.2 Å². The van der Waals surface area contributed by atoms with Crippen molar-refractivity contribution in [1.82, 2.24) is 0 Å². The van der Waals surface area contributed by atoms with Crippen LogP contribution in [0.25, 0.3) is 0 Å². The summed E-state index contributed by atoms with van der Waals surface area (Å²) in [4.78, 5) is 49.0. The van der Waals surface area contributed by atoms with E-state index >= 15 is 0 Å². The molecule has 0 heterocycles. The summed E-state index contributed by atoms with van der Waals surface area (Å²) in [7, 11) is 0. The van der Waals surface area contributed by atoms with E-state index < -0.39 is 41.6 Å². The third-order valence-corrected chi connectivity index (χ3v) is 4.83. The fraction of sp³-hybridized carbons (Fsp3) is 0.643. The van der Waals surface area contributed by atoms with Gasteiger partial charge in [-0.05, 0) is 79.0 Å². The fourth-order valence-corrected chi connectivity index (χ4v) is 3.11. The van der Waals surface area contributed by atoms with E-state index in [2.05, 4.69) is 0 Å². The van der Waals surface area contributed by atoms with Crippen molar-refractivity contribution in [2.45, 2.75) is 105 Å². The fourth-order valence-electron chi connectivity index (χ4n) is 3.11. The molecule has 0 bridgehead atoms. The summed E-state index contributed by atoms with van der Waals surface area (Å²) in [5.74, 6) is -1.52. The molecular weight excluding hydrogens is 510 g/mol. The van der Waals surface area contributed by atoms with Gasteiger partial charge in [-0.15, -0.1) is 0 Å². The molecule has 0 saturated heterocycles. The summed E-state index contributed by atoms with van der Waals surface area (Å²) in [5, 5.41) is 0. The van der Waals surface area contributed by atoms with E-state index in [4.69, 9.17) is 34.2 Å². The molecule has 39 heavy (non-hydrogen) atoms. The second-order valence-electron chi connectivity index (χ2n) is 11.3. The molecule has 0 saturated carbocycles. The number of hydrogen-bond acceptors (Lipinski definition) is 11. The average Bonchev–Trinajstić information content (AvgIpc) is 2.76. The normalized spacial score (nSPS) is 13.9. The van der Waals surface area contributed by atoms with Crippen LogP contribution in [0.1, 0.15) is 80.7 Å². The molecule has 0 aliphatic carbocycles. The van der Waals surface area contributed by atoms with Crippen molar-refractivity contribution in [1.29, 1.82) is 0 Å². The third kappa shape index (κ3) is 13.9. The Kier molecular flexibility index (Phi) is 12.7. The van der Waals surface area contributed by atoms with Crippen LogP contribution >= 0.6 is 0 Å². The smallest absolute Gasteiger partial charge is 0.461 e. The van der Waals surface area contributed by atoms with Crippen LogP contribution in [0.15, 0.2) is 18.2 Å². The topological polar surface area (TPSA) is 150 Å². The zero-order valence-electron chi connectivity index (χ0n) is 24.5. The molecule has 0 aliphatic heterocycles. The number of carbonyl (C=O) groups is 4. The average molecular weight is 554 g/mol. The summed E-state index contributed by atoms with van der Waals surface area (Å²) < 4.78 is 31.4. The number of benzene rings is 1. The van der Waals surface area contributed by atoms with E-state index in [-0.39, 0.29) is 36.4 Å². The van der Waals surface area contributed by atoms with E-state index in [0.717, 1.165) is 6.42 Å². The van der Waals surface area contributed by atoms with Crippen LogP contribution in [-0.4, -0.2) is 54.2 Å². The number of esters is 2. The Hall–Kier alpha value is -3.34. The number of nitrogens with two attached hydrogens (primary N) is 1. The van der Waals surface area contributed by atoms with Crippen LogP contribution in [-0.2, 0) is 35.0 Å². The SMILES string of the molecule is CCCC(C)C(=O)O[C@@H](C)COC(=O)[C@@H](N)Cc1ccc(OC(=O)OC(C)(C)C)c(OC(=O)OC(C)(C)C)c1. The molecule has 1 aromatic carbocycles. The highest BCUT2D eigenvalue weighted by molar-refractivity contribution is 5.76. The minimum atomic E-state index is -1.07. The van der Waals surface area contributed by atoms with Gasteiger partial charge in [0.1, 0.15) is 30.0 Å². The zero-order chi connectivity index (χ0) is 30.0. The Balaban J connectivity index is 2.91. The van der Waals surface area contributed by atoms with Gasteiger partial charge in [-0.25, -0.2) is 9.59 Å². The number of carbonyl (C=O) groups excluding carboxylic acids is 4. The molecule has 0 spiro atoms. The third-order valence-electron chi connectivity index (χ3n) is 4.83. The molecule has 1 unspecified atom stereocenters. The molecular formula is C28H43NO10. The minimum Gasteiger partial charge on any atom is -0.461 e. The second kappa shape index (κ2) is 14.7. The lowest BCUT2D eigenvalue weighted by Gasteiger charge is -2.21. The molecule has 2 N–H and O–H groups in total. The molecule has 0 fully saturated rings. The Morgan fingerprint density at radius 2 is 1.38 bits per heavy atom. The monoisotopic (exact) mass is 553 g/mol. The zero-order valence-corrected chi connectivity index (χ0v) is 24.5. The van der Waals surface area contributed by atoms with Crippen LogP contribution in [0.3, 0.4) is 0 Å². The van der Waals surface area contributed by atoms with Gasteiger partial charge in [-0.1, -0.05) is 26.3 Å². The number of rotatable bonds is 11. The van der Waals surface area contributed by atoms with Gasteiger partial charge in [0.15, 0.2) is 11.5 Å². The summed E-state index contributed by atoms with van der Waals surface area (Å²) in [5.41, 5.74) is 4.88. The van der Waals surface area contributed by atoms with E-state index in [1.807, 2.05) is 6.92 Å². The summed E-state index contributed by atoms with van der Waals surface area (Å²) in [6, 6.07) is 3.26. The summed E-state index contributed by atoms with van der Waals surface area (Å²) >= 11 is 0. The van der Waals surface area contributed by atoms with Crippen molar-refractivity contribution in [2.75, 3.05) is 6.61 Å². The van der Waals surface area contributed by atoms with Crippen molar-refractivity contribution >= 4 is 24.2 Å². The van der Waals surface area contributed by atoms with E-state index in [0.29, 0.717) is 12.0 Å². The second-order valence-corrected chi connectivity index (χ2v) is 11.3. The van der Waals surface area contributed by atoms with Crippen LogP contribution in [0.2, 0.25) is 0 Å². The van der Waals surface area contributed by atoms with Crippen molar-refractivity contribution in [3.05, 3.63) is 23.8 Å². The van der Waals surface area contributed by atoms with Crippen LogP contribution in [0.4, 0.5) is 9.59 Å².